The number of hydrogen-bond donors (Lipinski definition) is 1. The normalized spacial score (nSPS) is 17.9. The van der Waals surface area contributed by atoms with Crippen molar-refractivity contribution < 1.29 is 14.7 Å². The number of benzene rings is 2. The second-order valence-electron chi connectivity index (χ2n) is 8.14. The lowest BCUT2D eigenvalue weighted by Crippen LogP contribution is -2.31. The van der Waals surface area contributed by atoms with E-state index < -0.39 is 17.7 Å². The number of rotatable bonds is 5. The molecule has 2 aromatic carbocycles. The van der Waals surface area contributed by atoms with Gasteiger partial charge < -0.3 is 10.0 Å². The Hall–Kier alpha value is -2.89. The lowest BCUT2D eigenvalue weighted by Gasteiger charge is -2.25. The Balaban J connectivity index is 1.77. The summed E-state index contributed by atoms with van der Waals surface area (Å²) in [5.41, 5.74) is 4.81. The van der Waals surface area contributed by atoms with Crippen LogP contribution in [0.5, 0.6) is 0 Å². The van der Waals surface area contributed by atoms with Crippen LogP contribution in [-0.4, -0.2) is 28.2 Å². The predicted octanol–water partition coefficient (Wildman–Crippen LogP) is 5.99. The van der Waals surface area contributed by atoms with Crippen LogP contribution in [0.15, 0.2) is 59.5 Å². The minimum atomic E-state index is -0.644. The number of aliphatic hydroxyl groups is 1. The third kappa shape index (κ3) is 4.10. The second kappa shape index (κ2) is 8.93. The lowest BCUT2D eigenvalue weighted by atomic mass is 9.96. The van der Waals surface area contributed by atoms with E-state index in [1.54, 1.807) is 11.0 Å². The van der Waals surface area contributed by atoms with E-state index >= 15 is 0 Å². The topological polar surface area (TPSA) is 57.6 Å². The molecule has 0 bridgehead atoms. The minimum absolute atomic E-state index is 0.127. The molecule has 1 aliphatic rings. The number of Topliss-reactive ketones (excluding diaryl/α,β-unsaturated/α-hetero) is 1. The van der Waals surface area contributed by atoms with Crippen molar-refractivity contribution in [2.24, 2.45) is 0 Å². The molecule has 1 N–H and O–H groups in total. The molecular weight excluding hydrogens is 442 g/mol. The summed E-state index contributed by atoms with van der Waals surface area (Å²) in [5.74, 6) is -1.35. The van der Waals surface area contributed by atoms with E-state index in [1.165, 1.54) is 11.3 Å². The Morgan fingerprint density at radius 3 is 2.34 bits per heavy atom. The van der Waals surface area contributed by atoms with Gasteiger partial charge in [-0.15, -0.1) is 11.3 Å². The molecule has 1 fully saturated rings. The van der Waals surface area contributed by atoms with Gasteiger partial charge in [0.25, 0.3) is 11.7 Å². The van der Waals surface area contributed by atoms with Gasteiger partial charge in [-0.25, -0.2) is 0 Å². The molecule has 0 saturated carbocycles. The number of thiophene rings is 1. The van der Waals surface area contributed by atoms with Crippen molar-refractivity contribution in [3.63, 3.8) is 0 Å². The van der Waals surface area contributed by atoms with Gasteiger partial charge in [-0.1, -0.05) is 35.9 Å². The third-order valence-corrected chi connectivity index (χ3v) is 7.35. The Bertz CT molecular complexity index is 1230. The van der Waals surface area contributed by atoms with E-state index in [1.807, 2.05) is 68.6 Å². The summed E-state index contributed by atoms with van der Waals surface area (Å²) >= 11 is 7.47. The smallest absolute Gasteiger partial charge is 0.295 e. The number of ketones is 1. The van der Waals surface area contributed by atoms with E-state index in [0.717, 1.165) is 27.1 Å². The summed E-state index contributed by atoms with van der Waals surface area (Å²) in [7, 11) is 0. The molecule has 1 aromatic heterocycles. The van der Waals surface area contributed by atoms with Crippen molar-refractivity contribution in [2.45, 2.75) is 33.2 Å². The maximum Gasteiger partial charge on any atom is 0.295 e. The first kappa shape index (κ1) is 22.3. The van der Waals surface area contributed by atoms with Crippen LogP contribution < -0.4 is 0 Å². The molecule has 164 valence electrons. The SMILES string of the molecule is Cc1ccc(/C(O)=C2/C(=O)C(=O)N(CCc3ccc(Cl)cc3)C2c2sccc2C)cc1C. The van der Waals surface area contributed by atoms with Crippen LogP contribution in [0.2, 0.25) is 5.02 Å². The average Bonchev–Trinajstić information content (AvgIpc) is 3.30. The Labute approximate surface area is 196 Å². The van der Waals surface area contributed by atoms with E-state index in [-0.39, 0.29) is 11.3 Å². The van der Waals surface area contributed by atoms with Gasteiger partial charge in [0.1, 0.15) is 5.76 Å². The highest BCUT2D eigenvalue weighted by atomic mass is 35.5. The molecular formula is C26H24ClNO3S. The van der Waals surface area contributed by atoms with Crippen LogP contribution in [0.3, 0.4) is 0 Å². The molecule has 1 amide bonds. The molecule has 4 rings (SSSR count). The van der Waals surface area contributed by atoms with Gasteiger partial charge in [0, 0.05) is 22.0 Å². The summed E-state index contributed by atoms with van der Waals surface area (Å²) < 4.78 is 0. The van der Waals surface area contributed by atoms with E-state index in [0.29, 0.717) is 23.6 Å². The van der Waals surface area contributed by atoms with Crippen molar-refractivity contribution in [1.82, 2.24) is 4.90 Å². The van der Waals surface area contributed by atoms with Crippen molar-refractivity contribution in [3.05, 3.63) is 97.2 Å². The molecule has 2 heterocycles. The van der Waals surface area contributed by atoms with E-state index in [9.17, 15) is 14.7 Å². The van der Waals surface area contributed by atoms with Gasteiger partial charge >= 0.3 is 0 Å². The standard InChI is InChI=1S/C26H24ClNO3S/c1-15-4-7-19(14-17(15)3)23(29)21-22(25-16(2)11-13-32-25)28(26(31)24(21)30)12-10-18-5-8-20(27)9-6-18/h4-9,11,13-14,22,29H,10,12H2,1-3H3/b23-21-. The number of nitrogens with zero attached hydrogens (tertiary/aromatic N) is 1. The molecule has 0 aliphatic carbocycles. The van der Waals surface area contributed by atoms with Crippen LogP contribution in [0.4, 0.5) is 0 Å². The first-order chi connectivity index (χ1) is 15.3. The molecule has 4 nitrogen and oxygen atoms in total. The molecule has 0 spiro atoms. The number of carbonyl (C=O) groups is 2. The molecule has 1 aliphatic heterocycles. The molecule has 1 saturated heterocycles. The van der Waals surface area contributed by atoms with Gasteiger partial charge in [-0.2, -0.15) is 0 Å². The molecule has 6 heteroatoms. The highest BCUT2D eigenvalue weighted by Gasteiger charge is 2.46. The van der Waals surface area contributed by atoms with Gasteiger partial charge in [-0.3, -0.25) is 9.59 Å². The fourth-order valence-electron chi connectivity index (χ4n) is 3.99. The first-order valence-electron chi connectivity index (χ1n) is 10.4. The number of hydrogen-bond acceptors (Lipinski definition) is 4. The highest BCUT2D eigenvalue weighted by Crippen LogP contribution is 2.42. The fourth-order valence-corrected chi connectivity index (χ4v) is 5.17. The zero-order valence-corrected chi connectivity index (χ0v) is 19.8. The number of aryl methyl sites for hydroxylation is 3. The lowest BCUT2D eigenvalue weighted by molar-refractivity contribution is -0.139. The zero-order chi connectivity index (χ0) is 23.0. The second-order valence-corrected chi connectivity index (χ2v) is 9.52. The van der Waals surface area contributed by atoms with Gasteiger partial charge in [-0.05, 0) is 79.1 Å². The van der Waals surface area contributed by atoms with Crippen LogP contribution in [0.25, 0.3) is 5.76 Å². The third-order valence-electron chi connectivity index (χ3n) is 6.03. The number of aliphatic hydroxyl groups excluding tert-OH is 1. The average molecular weight is 466 g/mol. The maximum absolute atomic E-state index is 13.1. The molecule has 0 radical (unpaired) electrons. The summed E-state index contributed by atoms with van der Waals surface area (Å²) in [6.45, 7) is 6.26. The number of amides is 1. The van der Waals surface area contributed by atoms with Gasteiger partial charge in [0.2, 0.25) is 0 Å². The van der Waals surface area contributed by atoms with E-state index in [4.69, 9.17) is 11.6 Å². The Morgan fingerprint density at radius 1 is 1.00 bits per heavy atom. The zero-order valence-electron chi connectivity index (χ0n) is 18.2. The maximum atomic E-state index is 13.1. The number of halogens is 1. The Kier molecular flexibility index (Phi) is 6.22. The van der Waals surface area contributed by atoms with Crippen molar-refractivity contribution in [3.8, 4) is 0 Å². The first-order valence-corrected chi connectivity index (χ1v) is 11.7. The monoisotopic (exact) mass is 465 g/mol. The van der Waals surface area contributed by atoms with Crippen molar-refractivity contribution in [2.75, 3.05) is 6.54 Å². The predicted molar refractivity (Wildman–Crippen MR) is 129 cm³/mol. The Morgan fingerprint density at radius 2 is 1.72 bits per heavy atom. The fraction of sp³-hybridized carbons (Fsp3) is 0.231. The van der Waals surface area contributed by atoms with Crippen LogP contribution in [-0.2, 0) is 16.0 Å². The van der Waals surface area contributed by atoms with Crippen molar-refractivity contribution in [1.29, 1.82) is 0 Å². The number of likely N-dealkylation sites (tertiary alicyclic amines) is 1. The molecule has 1 unspecified atom stereocenters. The van der Waals surface area contributed by atoms with Crippen LogP contribution >= 0.6 is 22.9 Å². The van der Waals surface area contributed by atoms with E-state index in [2.05, 4.69) is 0 Å². The summed E-state index contributed by atoms with van der Waals surface area (Å²) in [4.78, 5) is 28.7. The van der Waals surface area contributed by atoms with Gasteiger partial charge in [0.05, 0.1) is 11.6 Å². The molecule has 32 heavy (non-hydrogen) atoms. The highest BCUT2D eigenvalue weighted by molar-refractivity contribution is 7.10. The molecule has 3 aromatic rings. The summed E-state index contributed by atoms with van der Waals surface area (Å²) in [5, 5.41) is 13.8. The summed E-state index contributed by atoms with van der Waals surface area (Å²) in [6.07, 6.45) is 0.578. The largest absolute Gasteiger partial charge is 0.507 e. The van der Waals surface area contributed by atoms with Crippen LogP contribution in [0, 0.1) is 20.8 Å². The van der Waals surface area contributed by atoms with Crippen molar-refractivity contribution >= 4 is 40.4 Å². The van der Waals surface area contributed by atoms with Gasteiger partial charge in [0.15, 0.2) is 0 Å². The summed E-state index contributed by atoms with van der Waals surface area (Å²) in [6, 6.07) is 14.4. The minimum Gasteiger partial charge on any atom is -0.507 e. The number of carbonyl (C=O) groups excluding carboxylic acids is 2. The molecule has 1 atom stereocenters. The van der Waals surface area contributed by atoms with Crippen LogP contribution in [0.1, 0.15) is 38.7 Å². The quantitative estimate of drug-likeness (QED) is 0.286.